The number of fused-ring (bicyclic) bond motifs is 1. The summed E-state index contributed by atoms with van der Waals surface area (Å²) in [5, 5.41) is 0. The molecule has 0 bridgehead atoms. The highest BCUT2D eigenvalue weighted by Crippen LogP contribution is 2.38. The molecular formula is C17H19F3O2. The molecule has 0 fully saturated rings. The standard InChI is InChI=1S/C17H19F3O2/c1-4-5-6-12-10-16(2,3)11-21-15-8-7-13(9-14(12)15)22-17(18,19)20/h5-10H,4,11H2,1-3H3/b6-5+. The van der Waals surface area contributed by atoms with Crippen molar-refractivity contribution in [2.45, 2.75) is 33.6 Å². The van der Waals surface area contributed by atoms with Gasteiger partial charge in [0.1, 0.15) is 11.5 Å². The number of hydrogen-bond donors (Lipinski definition) is 0. The zero-order valence-corrected chi connectivity index (χ0v) is 12.8. The Kier molecular flexibility index (Phi) is 4.54. The van der Waals surface area contributed by atoms with Crippen LogP contribution in [0.2, 0.25) is 0 Å². The van der Waals surface area contributed by atoms with Gasteiger partial charge in [-0.15, -0.1) is 13.2 Å². The first-order valence-corrected chi connectivity index (χ1v) is 7.12. The lowest BCUT2D eigenvalue weighted by Gasteiger charge is -2.18. The van der Waals surface area contributed by atoms with Crippen molar-refractivity contribution in [2.75, 3.05) is 6.61 Å². The van der Waals surface area contributed by atoms with E-state index in [1.807, 2.05) is 39.0 Å². The van der Waals surface area contributed by atoms with Crippen LogP contribution in [0.25, 0.3) is 5.57 Å². The third kappa shape index (κ3) is 4.29. The molecule has 22 heavy (non-hydrogen) atoms. The zero-order chi connectivity index (χ0) is 16.4. The normalized spacial score (nSPS) is 17.5. The van der Waals surface area contributed by atoms with Gasteiger partial charge in [0.05, 0.1) is 6.61 Å². The minimum atomic E-state index is -4.71. The summed E-state index contributed by atoms with van der Waals surface area (Å²) in [5.74, 6) is 0.317. The topological polar surface area (TPSA) is 18.5 Å². The van der Waals surface area contributed by atoms with Gasteiger partial charge in [-0.1, -0.05) is 39.0 Å². The summed E-state index contributed by atoms with van der Waals surface area (Å²) < 4.78 is 46.9. The van der Waals surface area contributed by atoms with E-state index >= 15 is 0 Å². The summed E-state index contributed by atoms with van der Waals surface area (Å²) in [7, 11) is 0. The van der Waals surface area contributed by atoms with Gasteiger partial charge in [-0.3, -0.25) is 0 Å². The Morgan fingerprint density at radius 2 is 2.05 bits per heavy atom. The van der Waals surface area contributed by atoms with E-state index in [4.69, 9.17) is 4.74 Å². The SMILES string of the molecule is CC/C=C/C1=CC(C)(C)COc2ccc(OC(F)(F)F)cc21. The highest BCUT2D eigenvalue weighted by atomic mass is 19.4. The Morgan fingerprint density at radius 1 is 1.32 bits per heavy atom. The number of allylic oxidation sites excluding steroid dienone is 3. The van der Waals surface area contributed by atoms with E-state index in [9.17, 15) is 13.2 Å². The lowest BCUT2D eigenvalue weighted by atomic mass is 9.90. The van der Waals surface area contributed by atoms with E-state index in [2.05, 4.69) is 4.74 Å². The number of hydrogen-bond acceptors (Lipinski definition) is 2. The third-order valence-electron chi connectivity index (χ3n) is 3.17. The van der Waals surface area contributed by atoms with Crippen molar-refractivity contribution < 1.29 is 22.6 Å². The Labute approximate surface area is 128 Å². The minimum absolute atomic E-state index is 0.211. The first kappa shape index (κ1) is 16.5. The number of benzene rings is 1. The quantitative estimate of drug-likeness (QED) is 0.748. The first-order chi connectivity index (χ1) is 10.2. The highest BCUT2D eigenvalue weighted by Gasteiger charge is 2.32. The molecule has 1 aliphatic rings. The van der Waals surface area contributed by atoms with Crippen LogP contribution in [0.1, 0.15) is 32.8 Å². The van der Waals surface area contributed by atoms with E-state index in [0.717, 1.165) is 12.0 Å². The maximum atomic E-state index is 12.4. The van der Waals surface area contributed by atoms with Crippen LogP contribution >= 0.6 is 0 Å². The molecule has 0 saturated heterocycles. The van der Waals surface area contributed by atoms with Crippen LogP contribution in [0, 0.1) is 5.41 Å². The summed E-state index contributed by atoms with van der Waals surface area (Å²) in [6.45, 7) is 6.50. The van der Waals surface area contributed by atoms with Crippen molar-refractivity contribution in [1.29, 1.82) is 0 Å². The fourth-order valence-corrected chi connectivity index (χ4v) is 2.24. The van der Waals surface area contributed by atoms with Crippen molar-refractivity contribution in [3.05, 3.63) is 42.0 Å². The summed E-state index contributed by atoms with van der Waals surface area (Å²) in [4.78, 5) is 0. The molecule has 2 rings (SSSR count). The van der Waals surface area contributed by atoms with E-state index < -0.39 is 6.36 Å². The van der Waals surface area contributed by atoms with Gasteiger partial charge in [0.25, 0.3) is 0 Å². The molecule has 1 aromatic carbocycles. The van der Waals surface area contributed by atoms with Crippen molar-refractivity contribution in [2.24, 2.45) is 5.41 Å². The summed E-state index contributed by atoms with van der Waals surface area (Å²) in [5.41, 5.74) is 1.24. The highest BCUT2D eigenvalue weighted by molar-refractivity contribution is 5.79. The van der Waals surface area contributed by atoms with Crippen molar-refractivity contribution in [1.82, 2.24) is 0 Å². The number of alkyl halides is 3. The van der Waals surface area contributed by atoms with Crippen LogP contribution in [-0.2, 0) is 0 Å². The Bertz CT molecular complexity index is 598. The van der Waals surface area contributed by atoms with Crippen LogP contribution in [0.15, 0.2) is 36.4 Å². The predicted octanol–water partition coefficient (Wildman–Crippen LogP) is 5.35. The van der Waals surface area contributed by atoms with Crippen LogP contribution in [0.3, 0.4) is 0 Å². The molecule has 5 heteroatoms. The molecule has 0 amide bonds. The average molecular weight is 312 g/mol. The Morgan fingerprint density at radius 3 is 2.68 bits per heavy atom. The summed E-state index contributed by atoms with van der Waals surface area (Å²) in [6.07, 6.45) is 2.03. The van der Waals surface area contributed by atoms with Crippen molar-refractivity contribution in [3.8, 4) is 11.5 Å². The molecule has 0 atom stereocenters. The van der Waals surface area contributed by atoms with E-state index in [-0.39, 0.29) is 11.2 Å². The van der Waals surface area contributed by atoms with E-state index in [1.165, 1.54) is 18.2 Å². The second-order valence-electron chi connectivity index (χ2n) is 5.89. The van der Waals surface area contributed by atoms with Crippen LogP contribution < -0.4 is 9.47 Å². The minimum Gasteiger partial charge on any atom is -0.492 e. The molecule has 0 radical (unpaired) electrons. The molecule has 0 N–H and O–H groups in total. The maximum absolute atomic E-state index is 12.4. The van der Waals surface area contributed by atoms with Gasteiger partial charge in [-0.2, -0.15) is 0 Å². The van der Waals surface area contributed by atoms with Crippen LogP contribution in [0.4, 0.5) is 13.2 Å². The van der Waals surface area contributed by atoms with Gasteiger partial charge in [-0.25, -0.2) is 0 Å². The molecule has 0 aromatic heterocycles. The summed E-state index contributed by atoms with van der Waals surface area (Å²) in [6, 6.07) is 4.16. The van der Waals surface area contributed by atoms with Gasteiger partial charge < -0.3 is 9.47 Å². The monoisotopic (exact) mass is 312 g/mol. The van der Waals surface area contributed by atoms with Gasteiger partial charge in [0.2, 0.25) is 0 Å². The third-order valence-corrected chi connectivity index (χ3v) is 3.17. The molecule has 1 aliphatic heterocycles. The molecule has 2 nitrogen and oxygen atoms in total. The first-order valence-electron chi connectivity index (χ1n) is 7.12. The molecule has 0 saturated carbocycles. The molecule has 1 aromatic rings. The molecule has 0 spiro atoms. The fraction of sp³-hybridized carbons (Fsp3) is 0.412. The van der Waals surface area contributed by atoms with Gasteiger partial charge >= 0.3 is 6.36 Å². The number of rotatable bonds is 3. The average Bonchev–Trinajstić information content (AvgIpc) is 2.52. The summed E-state index contributed by atoms with van der Waals surface area (Å²) >= 11 is 0. The molecule has 120 valence electrons. The van der Waals surface area contributed by atoms with Crippen molar-refractivity contribution >= 4 is 5.57 Å². The van der Waals surface area contributed by atoms with Gasteiger partial charge in [0.15, 0.2) is 0 Å². The lowest BCUT2D eigenvalue weighted by molar-refractivity contribution is -0.274. The van der Waals surface area contributed by atoms with E-state index in [1.54, 1.807) is 0 Å². The van der Waals surface area contributed by atoms with Crippen LogP contribution in [-0.4, -0.2) is 13.0 Å². The van der Waals surface area contributed by atoms with Gasteiger partial charge in [0, 0.05) is 11.0 Å². The second-order valence-corrected chi connectivity index (χ2v) is 5.89. The van der Waals surface area contributed by atoms with E-state index in [0.29, 0.717) is 17.9 Å². The Balaban J connectivity index is 2.47. The predicted molar refractivity (Wildman–Crippen MR) is 79.8 cm³/mol. The molecular weight excluding hydrogens is 293 g/mol. The smallest absolute Gasteiger partial charge is 0.492 e. The number of ether oxygens (including phenoxy) is 2. The molecule has 0 unspecified atom stereocenters. The largest absolute Gasteiger partial charge is 0.573 e. The zero-order valence-electron chi connectivity index (χ0n) is 12.8. The lowest BCUT2D eigenvalue weighted by Crippen LogP contribution is -2.17. The van der Waals surface area contributed by atoms with Crippen LogP contribution in [0.5, 0.6) is 11.5 Å². The van der Waals surface area contributed by atoms with Gasteiger partial charge in [-0.05, 0) is 30.2 Å². The number of halogens is 3. The fourth-order valence-electron chi connectivity index (χ4n) is 2.24. The molecule has 0 aliphatic carbocycles. The molecule has 1 heterocycles. The second kappa shape index (κ2) is 6.07. The maximum Gasteiger partial charge on any atom is 0.573 e. The Hall–Kier alpha value is -1.91. The van der Waals surface area contributed by atoms with Crippen molar-refractivity contribution in [3.63, 3.8) is 0 Å².